The lowest BCUT2D eigenvalue weighted by Crippen LogP contribution is -2.42. The molecule has 39 heavy (non-hydrogen) atoms. The average molecular weight is 550 g/mol. The maximum atomic E-state index is 14.7. The van der Waals surface area contributed by atoms with Gasteiger partial charge < -0.3 is 14.6 Å². The second-order valence-electron chi connectivity index (χ2n) is 9.54. The molecule has 11 heteroatoms. The molecule has 2 heterocycles. The lowest BCUT2D eigenvalue weighted by Gasteiger charge is -2.38. The predicted octanol–water partition coefficient (Wildman–Crippen LogP) is 5.75. The largest absolute Gasteiger partial charge is 0.416 e. The van der Waals surface area contributed by atoms with E-state index in [0.29, 0.717) is 25.2 Å². The van der Waals surface area contributed by atoms with E-state index in [1.807, 2.05) is 0 Å². The fourth-order valence-electron chi connectivity index (χ4n) is 4.51. The van der Waals surface area contributed by atoms with Gasteiger partial charge in [0.15, 0.2) is 6.29 Å². The summed E-state index contributed by atoms with van der Waals surface area (Å²) in [6.45, 7) is 2.35. The number of hydrogen-bond acceptors (Lipinski definition) is 5. The Morgan fingerprint density at radius 1 is 1.08 bits per heavy atom. The molecule has 0 saturated carbocycles. The van der Waals surface area contributed by atoms with Crippen molar-refractivity contribution in [1.29, 1.82) is 0 Å². The molecule has 1 N–H and O–H groups in total. The van der Waals surface area contributed by atoms with Crippen molar-refractivity contribution < 1.29 is 36.5 Å². The van der Waals surface area contributed by atoms with Gasteiger partial charge in [0, 0.05) is 17.5 Å². The van der Waals surface area contributed by atoms with Gasteiger partial charge in [-0.05, 0) is 42.2 Å². The number of allylic oxidation sites excluding steroid dienone is 2. The van der Waals surface area contributed by atoms with E-state index in [1.54, 1.807) is 31.2 Å². The van der Waals surface area contributed by atoms with E-state index < -0.39 is 41.2 Å². The number of nitrogens with zero attached hydrogens (tertiary/aromatic N) is 3. The van der Waals surface area contributed by atoms with Gasteiger partial charge in [-0.2, -0.15) is 18.3 Å². The van der Waals surface area contributed by atoms with Gasteiger partial charge >= 0.3 is 6.18 Å². The minimum absolute atomic E-state index is 0.0369. The minimum Gasteiger partial charge on any atom is -0.383 e. The molecular formula is C28H28F5N3O3. The second kappa shape index (κ2) is 12.2. The number of alkyl halides is 3. The fourth-order valence-corrected chi connectivity index (χ4v) is 4.51. The Bertz CT molecular complexity index is 1270. The van der Waals surface area contributed by atoms with E-state index in [9.17, 15) is 27.1 Å². The number of aromatic nitrogens is 3. The van der Waals surface area contributed by atoms with Gasteiger partial charge in [0.05, 0.1) is 25.3 Å². The van der Waals surface area contributed by atoms with E-state index in [0.717, 1.165) is 24.3 Å². The molecule has 0 spiro atoms. The van der Waals surface area contributed by atoms with Gasteiger partial charge in [-0.15, -0.1) is 0 Å². The van der Waals surface area contributed by atoms with Crippen LogP contribution in [0.5, 0.6) is 0 Å². The zero-order valence-electron chi connectivity index (χ0n) is 21.1. The maximum Gasteiger partial charge on any atom is 0.416 e. The van der Waals surface area contributed by atoms with Crippen molar-refractivity contribution in [2.45, 2.75) is 38.0 Å². The Labute approximate surface area is 222 Å². The summed E-state index contributed by atoms with van der Waals surface area (Å²) in [4.78, 5) is 3.87. The van der Waals surface area contributed by atoms with Crippen LogP contribution in [-0.4, -0.2) is 39.4 Å². The highest BCUT2D eigenvalue weighted by atomic mass is 19.4. The number of ether oxygens (including phenoxy) is 2. The van der Waals surface area contributed by atoms with Gasteiger partial charge in [-0.1, -0.05) is 43.4 Å². The first-order chi connectivity index (χ1) is 18.5. The molecule has 2 atom stereocenters. The summed E-state index contributed by atoms with van der Waals surface area (Å²) < 4.78 is 79.2. The normalized spacial score (nSPS) is 20.9. The molecule has 6 nitrogen and oxygen atoms in total. The summed E-state index contributed by atoms with van der Waals surface area (Å²) in [5.41, 5.74) is -1.83. The van der Waals surface area contributed by atoms with E-state index >= 15 is 0 Å². The van der Waals surface area contributed by atoms with Crippen molar-refractivity contribution in [1.82, 2.24) is 14.8 Å². The Morgan fingerprint density at radius 3 is 2.41 bits per heavy atom. The first-order valence-corrected chi connectivity index (χ1v) is 12.3. The van der Waals surface area contributed by atoms with Crippen LogP contribution >= 0.6 is 0 Å². The molecule has 0 bridgehead atoms. The Balaban J connectivity index is 1.33. The minimum atomic E-state index is -4.37. The number of rotatable bonds is 9. The third-order valence-corrected chi connectivity index (χ3v) is 6.67. The third-order valence-electron chi connectivity index (χ3n) is 6.67. The fraction of sp³-hybridized carbons (Fsp3) is 0.357. The molecule has 208 valence electrons. The zero-order chi connectivity index (χ0) is 28.0. The van der Waals surface area contributed by atoms with Gasteiger partial charge in [0.25, 0.3) is 0 Å². The van der Waals surface area contributed by atoms with Gasteiger partial charge in [0.2, 0.25) is 0 Å². The number of hydrogen-bond donors (Lipinski definition) is 1. The lowest BCUT2D eigenvalue weighted by atomic mass is 9.77. The SMILES string of the molecule is C[C@@H](CC1COC(/C=C/C=C/c2ccc(C(F)(F)F)cc2)OC1)[C@](O)(Cn1cncn1)c1ccc(F)cc1F. The monoisotopic (exact) mass is 549 g/mol. The third kappa shape index (κ3) is 7.37. The number of halogens is 5. The zero-order valence-corrected chi connectivity index (χ0v) is 21.1. The van der Waals surface area contributed by atoms with Crippen LogP contribution in [0.3, 0.4) is 0 Å². The summed E-state index contributed by atoms with van der Waals surface area (Å²) in [6, 6.07) is 7.90. The Morgan fingerprint density at radius 2 is 1.79 bits per heavy atom. The van der Waals surface area contributed by atoms with E-state index in [1.165, 1.54) is 35.5 Å². The van der Waals surface area contributed by atoms with Crippen LogP contribution in [0.1, 0.15) is 30.0 Å². The molecule has 1 aliphatic rings. The van der Waals surface area contributed by atoms with Crippen molar-refractivity contribution in [3.63, 3.8) is 0 Å². The summed E-state index contributed by atoms with van der Waals surface area (Å²) in [7, 11) is 0. The highest BCUT2D eigenvalue weighted by Gasteiger charge is 2.40. The molecule has 0 unspecified atom stereocenters. The van der Waals surface area contributed by atoms with Crippen LogP contribution in [0.25, 0.3) is 6.08 Å². The van der Waals surface area contributed by atoms with E-state index in [-0.39, 0.29) is 18.0 Å². The maximum absolute atomic E-state index is 14.7. The topological polar surface area (TPSA) is 69.4 Å². The van der Waals surface area contributed by atoms with Crippen LogP contribution < -0.4 is 0 Å². The van der Waals surface area contributed by atoms with Crippen molar-refractivity contribution in [2.24, 2.45) is 11.8 Å². The molecule has 1 aliphatic heterocycles. The summed E-state index contributed by atoms with van der Waals surface area (Å²) >= 11 is 0. The van der Waals surface area contributed by atoms with Gasteiger partial charge in [-0.3, -0.25) is 0 Å². The second-order valence-corrected chi connectivity index (χ2v) is 9.54. The first kappa shape index (κ1) is 28.6. The molecule has 1 fully saturated rings. The lowest BCUT2D eigenvalue weighted by molar-refractivity contribution is -0.181. The highest BCUT2D eigenvalue weighted by Crippen LogP contribution is 2.37. The van der Waals surface area contributed by atoms with Gasteiger partial charge in [0.1, 0.15) is 29.9 Å². The molecule has 2 aromatic carbocycles. The van der Waals surface area contributed by atoms with Crippen molar-refractivity contribution >= 4 is 6.08 Å². The smallest absolute Gasteiger partial charge is 0.383 e. The Kier molecular flexibility index (Phi) is 8.94. The summed E-state index contributed by atoms with van der Waals surface area (Å²) in [5.74, 6) is -2.18. The van der Waals surface area contributed by atoms with Crippen LogP contribution in [0.15, 0.2) is 73.3 Å². The van der Waals surface area contributed by atoms with Crippen LogP contribution in [0, 0.1) is 23.5 Å². The number of aliphatic hydroxyl groups is 1. The quantitative estimate of drug-likeness (QED) is 0.272. The van der Waals surface area contributed by atoms with Crippen LogP contribution in [-0.2, 0) is 27.8 Å². The molecule has 3 aromatic rings. The Hall–Kier alpha value is -3.41. The van der Waals surface area contributed by atoms with Crippen LogP contribution in [0.4, 0.5) is 22.0 Å². The predicted molar refractivity (Wildman–Crippen MR) is 133 cm³/mol. The standard InChI is InChI=1S/C28H28F5N3O3/c1-19(27(37,16-36-18-34-17-35-36)24-11-10-23(29)13-25(24)30)12-21-14-38-26(39-15-21)5-3-2-4-20-6-8-22(9-7-20)28(31,32)33/h2-11,13,17-19,21,26,37H,12,14-16H2,1H3/b4-2+,5-3+/t19-,21?,26?,27+/m0/s1. The molecular weight excluding hydrogens is 521 g/mol. The average Bonchev–Trinajstić information content (AvgIpc) is 3.40. The van der Waals surface area contributed by atoms with Gasteiger partial charge in [-0.25, -0.2) is 18.4 Å². The van der Waals surface area contributed by atoms with Crippen molar-refractivity contribution in [3.05, 3.63) is 102 Å². The molecule has 0 amide bonds. The molecule has 1 saturated heterocycles. The van der Waals surface area contributed by atoms with Crippen LogP contribution in [0.2, 0.25) is 0 Å². The van der Waals surface area contributed by atoms with E-state index in [4.69, 9.17) is 9.47 Å². The van der Waals surface area contributed by atoms with E-state index in [2.05, 4.69) is 10.1 Å². The molecule has 1 aromatic heterocycles. The molecule has 4 rings (SSSR count). The summed E-state index contributed by atoms with van der Waals surface area (Å²) in [5, 5.41) is 15.7. The number of benzene rings is 2. The first-order valence-electron chi connectivity index (χ1n) is 12.3. The molecule has 0 aliphatic carbocycles. The van der Waals surface area contributed by atoms with Crippen molar-refractivity contribution in [2.75, 3.05) is 13.2 Å². The highest BCUT2D eigenvalue weighted by molar-refractivity contribution is 5.51. The van der Waals surface area contributed by atoms with Crippen molar-refractivity contribution in [3.8, 4) is 0 Å². The molecule has 0 radical (unpaired) electrons. The summed E-state index contributed by atoms with van der Waals surface area (Å²) in [6.07, 6.45) is 4.84.